The molecule has 0 saturated carbocycles. The van der Waals surface area contributed by atoms with Gasteiger partial charge in [0.05, 0.1) is 12.3 Å². The maximum Gasteiger partial charge on any atom is 0.321 e. The van der Waals surface area contributed by atoms with Gasteiger partial charge in [-0.2, -0.15) is 0 Å². The van der Waals surface area contributed by atoms with Crippen molar-refractivity contribution in [3.05, 3.63) is 35.6 Å². The lowest BCUT2D eigenvalue weighted by molar-refractivity contribution is -0.152. The van der Waals surface area contributed by atoms with Gasteiger partial charge in [-0.15, -0.1) is 0 Å². The van der Waals surface area contributed by atoms with E-state index in [1.165, 1.54) is 24.3 Å². The third-order valence-electron chi connectivity index (χ3n) is 2.14. The Hall–Kier alpha value is -1.71. The van der Waals surface area contributed by atoms with Crippen molar-refractivity contribution in [1.82, 2.24) is 0 Å². The van der Waals surface area contributed by atoms with Crippen molar-refractivity contribution in [2.75, 3.05) is 0 Å². The molecule has 72 valence electrons. The van der Waals surface area contributed by atoms with E-state index >= 15 is 0 Å². The second-order valence-corrected chi connectivity index (χ2v) is 3.10. The molecule has 1 aliphatic heterocycles. The lowest BCUT2D eigenvalue weighted by Crippen LogP contribution is -2.05. The van der Waals surface area contributed by atoms with Gasteiger partial charge in [0.1, 0.15) is 5.82 Å². The first kappa shape index (κ1) is 8.87. The van der Waals surface area contributed by atoms with E-state index in [0.717, 1.165) is 0 Å². The molecular weight excluding hydrogens is 187 g/mol. The molecule has 1 aromatic carbocycles. The molecule has 2 rings (SSSR count). The van der Waals surface area contributed by atoms with Crippen LogP contribution in [0.5, 0.6) is 0 Å². The summed E-state index contributed by atoms with van der Waals surface area (Å²) >= 11 is 0. The van der Waals surface area contributed by atoms with Gasteiger partial charge in [0.15, 0.2) is 0 Å². The highest BCUT2D eigenvalue weighted by Gasteiger charge is 2.34. The second-order valence-electron chi connectivity index (χ2n) is 3.10. The van der Waals surface area contributed by atoms with Gasteiger partial charge in [-0.3, -0.25) is 9.59 Å². The van der Waals surface area contributed by atoms with Crippen LogP contribution in [0.4, 0.5) is 4.39 Å². The zero-order chi connectivity index (χ0) is 10.1. The van der Waals surface area contributed by atoms with Crippen molar-refractivity contribution in [1.29, 1.82) is 0 Å². The highest BCUT2D eigenvalue weighted by atomic mass is 19.1. The third kappa shape index (κ3) is 1.51. The number of benzene rings is 1. The van der Waals surface area contributed by atoms with Crippen LogP contribution >= 0.6 is 0 Å². The quantitative estimate of drug-likeness (QED) is 0.501. The first-order valence-corrected chi connectivity index (χ1v) is 4.17. The molecule has 1 saturated heterocycles. The molecule has 1 heterocycles. The van der Waals surface area contributed by atoms with Gasteiger partial charge >= 0.3 is 11.9 Å². The number of carbonyl (C=O) groups is 2. The molecule has 1 aromatic rings. The molecule has 0 aromatic heterocycles. The SMILES string of the molecule is O=C1C[C@H](c2ccc(F)cc2)C(=O)O1. The molecule has 0 bridgehead atoms. The van der Waals surface area contributed by atoms with E-state index in [4.69, 9.17) is 0 Å². The fourth-order valence-electron chi connectivity index (χ4n) is 1.42. The van der Waals surface area contributed by atoms with Crippen LogP contribution < -0.4 is 0 Å². The van der Waals surface area contributed by atoms with Crippen molar-refractivity contribution in [2.45, 2.75) is 12.3 Å². The van der Waals surface area contributed by atoms with E-state index in [-0.39, 0.29) is 12.2 Å². The largest absolute Gasteiger partial charge is 0.393 e. The highest BCUT2D eigenvalue weighted by molar-refractivity contribution is 5.97. The van der Waals surface area contributed by atoms with E-state index in [9.17, 15) is 14.0 Å². The van der Waals surface area contributed by atoms with Crippen LogP contribution in [0.1, 0.15) is 17.9 Å². The maximum absolute atomic E-state index is 12.6. The molecule has 1 fully saturated rings. The van der Waals surface area contributed by atoms with Gasteiger partial charge in [0.25, 0.3) is 0 Å². The number of cyclic esters (lactones) is 2. The number of ether oxygens (including phenoxy) is 1. The Balaban J connectivity index is 2.27. The van der Waals surface area contributed by atoms with Crippen LogP contribution in [-0.2, 0) is 14.3 Å². The fourth-order valence-corrected chi connectivity index (χ4v) is 1.42. The first-order chi connectivity index (χ1) is 6.66. The third-order valence-corrected chi connectivity index (χ3v) is 2.14. The summed E-state index contributed by atoms with van der Waals surface area (Å²) in [5, 5.41) is 0. The van der Waals surface area contributed by atoms with E-state index in [1.54, 1.807) is 0 Å². The molecule has 1 aliphatic rings. The number of hydrogen-bond donors (Lipinski definition) is 0. The minimum Gasteiger partial charge on any atom is -0.393 e. The maximum atomic E-state index is 12.6. The number of carbonyl (C=O) groups excluding carboxylic acids is 2. The lowest BCUT2D eigenvalue weighted by Gasteiger charge is -2.03. The normalized spacial score (nSPS) is 21.1. The van der Waals surface area contributed by atoms with Crippen LogP contribution in [0.25, 0.3) is 0 Å². The standard InChI is InChI=1S/C10H7FO3/c11-7-3-1-6(2-4-7)8-5-9(12)14-10(8)13/h1-4,8H,5H2/t8-/m1/s1. The van der Waals surface area contributed by atoms with E-state index < -0.39 is 17.9 Å². The van der Waals surface area contributed by atoms with E-state index in [0.29, 0.717) is 5.56 Å². The molecular formula is C10H7FO3. The molecule has 3 nitrogen and oxygen atoms in total. The van der Waals surface area contributed by atoms with Crippen molar-refractivity contribution in [3.63, 3.8) is 0 Å². The fraction of sp³-hybridized carbons (Fsp3) is 0.200. The lowest BCUT2D eigenvalue weighted by atomic mass is 9.98. The topological polar surface area (TPSA) is 43.4 Å². The zero-order valence-corrected chi connectivity index (χ0v) is 7.20. The summed E-state index contributed by atoms with van der Waals surface area (Å²) in [5.41, 5.74) is 0.613. The van der Waals surface area contributed by atoms with Gasteiger partial charge in [-0.05, 0) is 17.7 Å². The van der Waals surface area contributed by atoms with Gasteiger partial charge in [0.2, 0.25) is 0 Å². The predicted octanol–water partition coefficient (Wildman–Crippen LogP) is 1.38. The monoisotopic (exact) mass is 194 g/mol. The molecule has 0 N–H and O–H groups in total. The molecule has 0 amide bonds. The first-order valence-electron chi connectivity index (χ1n) is 4.17. The number of esters is 2. The molecule has 0 radical (unpaired) electrons. The Morgan fingerprint density at radius 2 is 1.86 bits per heavy atom. The number of hydrogen-bond acceptors (Lipinski definition) is 3. The Morgan fingerprint density at radius 3 is 2.36 bits per heavy atom. The van der Waals surface area contributed by atoms with Crippen molar-refractivity contribution in [3.8, 4) is 0 Å². The highest BCUT2D eigenvalue weighted by Crippen LogP contribution is 2.27. The molecule has 0 unspecified atom stereocenters. The van der Waals surface area contributed by atoms with Crippen molar-refractivity contribution < 1.29 is 18.7 Å². The Kier molecular flexibility index (Phi) is 2.04. The number of rotatable bonds is 1. The van der Waals surface area contributed by atoms with Gasteiger partial charge in [-0.1, -0.05) is 12.1 Å². The predicted molar refractivity (Wildman–Crippen MR) is 44.9 cm³/mol. The Bertz CT molecular complexity index is 383. The summed E-state index contributed by atoms with van der Waals surface area (Å²) in [7, 11) is 0. The van der Waals surface area contributed by atoms with Crippen molar-refractivity contribution in [2.24, 2.45) is 0 Å². The van der Waals surface area contributed by atoms with Gasteiger partial charge < -0.3 is 4.74 Å². The summed E-state index contributed by atoms with van der Waals surface area (Å²) in [4.78, 5) is 21.9. The zero-order valence-electron chi connectivity index (χ0n) is 7.20. The van der Waals surface area contributed by atoms with Crippen LogP contribution in [0, 0.1) is 5.82 Å². The van der Waals surface area contributed by atoms with Crippen LogP contribution in [0.15, 0.2) is 24.3 Å². The van der Waals surface area contributed by atoms with Crippen molar-refractivity contribution >= 4 is 11.9 Å². The molecule has 14 heavy (non-hydrogen) atoms. The average Bonchev–Trinajstić information content (AvgIpc) is 2.47. The molecule has 4 heteroatoms. The summed E-state index contributed by atoms with van der Waals surface area (Å²) in [6.45, 7) is 0. The summed E-state index contributed by atoms with van der Waals surface area (Å²) in [5.74, 6) is -2.01. The minimum absolute atomic E-state index is 0.0461. The van der Waals surface area contributed by atoms with Crippen LogP contribution in [0.3, 0.4) is 0 Å². The van der Waals surface area contributed by atoms with Crippen LogP contribution in [-0.4, -0.2) is 11.9 Å². The molecule has 0 spiro atoms. The van der Waals surface area contributed by atoms with Crippen LogP contribution in [0.2, 0.25) is 0 Å². The number of halogens is 1. The van der Waals surface area contributed by atoms with Gasteiger partial charge in [0, 0.05) is 0 Å². The summed E-state index contributed by atoms with van der Waals surface area (Å²) in [6.07, 6.45) is 0.0461. The average molecular weight is 194 g/mol. The minimum atomic E-state index is -0.567. The Morgan fingerprint density at radius 1 is 1.21 bits per heavy atom. The smallest absolute Gasteiger partial charge is 0.321 e. The second kappa shape index (κ2) is 3.21. The van der Waals surface area contributed by atoms with E-state index in [1.807, 2.05) is 0 Å². The van der Waals surface area contributed by atoms with Gasteiger partial charge in [-0.25, -0.2) is 4.39 Å². The molecule has 1 atom stereocenters. The molecule has 0 aliphatic carbocycles. The summed E-state index contributed by atoms with van der Waals surface area (Å²) < 4.78 is 17.0. The van der Waals surface area contributed by atoms with E-state index in [2.05, 4.69) is 4.74 Å². The summed E-state index contributed by atoms with van der Waals surface area (Å²) in [6, 6.07) is 5.48. The Labute approximate surface area is 79.5 Å².